The molecule has 0 aromatic heterocycles. The van der Waals surface area contributed by atoms with E-state index >= 15 is 0 Å². The molecule has 26 heavy (non-hydrogen) atoms. The van der Waals surface area contributed by atoms with Crippen LogP contribution < -0.4 is 0 Å². The lowest BCUT2D eigenvalue weighted by molar-refractivity contribution is -0.137. The summed E-state index contributed by atoms with van der Waals surface area (Å²) in [5.41, 5.74) is 0.858. The van der Waals surface area contributed by atoms with Crippen LogP contribution in [0.25, 0.3) is 5.57 Å². The van der Waals surface area contributed by atoms with Gasteiger partial charge in [0.1, 0.15) is 11.4 Å². The minimum absolute atomic E-state index is 0.139. The topological polar surface area (TPSA) is 76.1 Å². The fraction of sp³-hybridized carbons (Fsp3) is 0.500. The first-order valence-electron chi connectivity index (χ1n) is 8.88. The van der Waals surface area contributed by atoms with Crippen LogP contribution in [0.3, 0.4) is 0 Å². The molecule has 1 aliphatic heterocycles. The smallest absolute Gasteiger partial charge is 0.410 e. The Kier molecular flexibility index (Phi) is 6.29. The molecule has 6 heteroatoms. The summed E-state index contributed by atoms with van der Waals surface area (Å²) in [5, 5.41) is 9.54. The Morgan fingerprint density at radius 1 is 1.27 bits per heavy atom. The van der Waals surface area contributed by atoms with Gasteiger partial charge in [0.25, 0.3) is 0 Å². The molecule has 1 aromatic carbocycles. The zero-order chi connectivity index (χ0) is 19.3. The SMILES string of the molecule is CCOC(=O)/C=C(\c1ccc(O)cc1)[C@@H]1CCCN1C(=O)OC(C)(C)C. The first kappa shape index (κ1) is 19.8. The van der Waals surface area contributed by atoms with Crippen molar-refractivity contribution in [1.29, 1.82) is 0 Å². The van der Waals surface area contributed by atoms with Crippen LogP contribution >= 0.6 is 0 Å². The zero-order valence-corrected chi connectivity index (χ0v) is 15.8. The molecule has 1 saturated heterocycles. The third-order valence-corrected chi connectivity index (χ3v) is 4.00. The zero-order valence-electron chi connectivity index (χ0n) is 15.8. The van der Waals surface area contributed by atoms with Gasteiger partial charge in [-0.15, -0.1) is 0 Å². The number of esters is 1. The number of ether oxygens (including phenoxy) is 2. The average molecular weight is 361 g/mol. The van der Waals surface area contributed by atoms with E-state index in [1.165, 1.54) is 6.08 Å². The molecule has 1 N–H and O–H groups in total. The Hall–Kier alpha value is -2.50. The third-order valence-electron chi connectivity index (χ3n) is 4.00. The Morgan fingerprint density at radius 2 is 1.92 bits per heavy atom. The second-order valence-electron chi connectivity index (χ2n) is 7.23. The van der Waals surface area contributed by atoms with Gasteiger partial charge in [0.2, 0.25) is 0 Å². The van der Waals surface area contributed by atoms with E-state index in [0.717, 1.165) is 18.4 Å². The van der Waals surface area contributed by atoms with E-state index < -0.39 is 17.7 Å². The van der Waals surface area contributed by atoms with Crippen LogP contribution in [-0.4, -0.2) is 46.9 Å². The summed E-state index contributed by atoms with van der Waals surface area (Å²) >= 11 is 0. The molecule has 6 nitrogen and oxygen atoms in total. The van der Waals surface area contributed by atoms with Gasteiger partial charge in [-0.1, -0.05) is 12.1 Å². The van der Waals surface area contributed by atoms with Crippen molar-refractivity contribution in [2.24, 2.45) is 0 Å². The Morgan fingerprint density at radius 3 is 2.50 bits per heavy atom. The van der Waals surface area contributed by atoms with E-state index in [9.17, 15) is 14.7 Å². The first-order valence-corrected chi connectivity index (χ1v) is 8.88. The Balaban J connectivity index is 2.35. The minimum atomic E-state index is -0.590. The number of amides is 1. The fourth-order valence-electron chi connectivity index (χ4n) is 2.97. The van der Waals surface area contributed by atoms with Crippen LogP contribution in [0.5, 0.6) is 5.75 Å². The Labute approximate surface area is 154 Å². The highest BCUT2D eigenvalue weighted by Gasteiger charge is 2.35. The number of carbonyl (C=O) groups excluding carboxylic acids is 2. The fourth-order valence-corrected chi connectivity index (χ4v) is 2.97. The number of phenolic OH excluding ortho intramolecular Hbond substituents is 1. The van der Waals surface area contributed by atoms with Gasteiger partial charge in [0, 0.05) is 12.6 Å². The van der Waals surface area contributed by atoms with Crippen molar-refractivity contribution in [2.45, 2.75) is 52.2 Å². The number of nitrogens with zero attached hydrogens (tertiary/aromatic N) is 1. The predicted octanol–water partition coefficient (Wildman–Crippen LogP) is 3.74. The summed E-state index contributed by atoms with van der Waals surface area (Å²) < 4.78 is 10.6. The summed E-state index contributed by atoms with van der Waals surface area (Å²) in [6.45, 7) is 8.06. The van der Waals surface area contributed by atoms with Gasteiger partial charge in [-0.05, 0) is 63.8 Å². The number of hydrogen-bond donors (Lipinski definition) is 1. The first-order chi connectivity index (χ1) is 12.2. The molecule has 0 bridgehead atoms. The van der Waals surface area contributed by atoms with Crippen molar-refractivity contribution in [3.63, 3.8) is 0 Å². The van der Waals surface area contributed by atoms with E-state index in [4.69, 9.17) is 9.47 Å². The molecular weight excluding hydrogens is 334 g/mol. The van der Waals surface area contributed by atoms with Crippen LogP contribution in [-0.2, 0) is 14.3 Å². The van der Waals surface area contributed by atoms with Crippen molar-refractivity contribution in [2.75, 3.05) is 13.2 Å². The van der Waals surface area contributed by atoms with Crippen LogP contribution in [0.15, 0.2) is 30.3 Å². The highest BCUT2D eigenvalue weighted by molar-refractivity contribution is 5.93. The monoisotopic (exact) mass is 361 g/mol. The maximum atomic E-state index is 12.6. The third kappa shape index (κ3) is 5.25. The maximum absolute atomic E-state index is 12.6. The molecule has 1 atom stereocenters. The molecule has 142 valence electrons. The van der Waals surface area contributed by atoms with Gasteiger partial charge in [0.05, 0.1) is 12.6 Å². The standard InChI is InChI=1S/C20H27NO5/c1-5-25-18(23)13-16(14-8-10-15(22)11-9-14)17-7-6-12-21(17)19(24)26-20(2,3)4/h8-11,13,17,22H,5-7,12H2,1-4H3/b16-13+/t17-/m0/s1. The lowest BCUT2D eigenvalue weighted by Gasteiger charge is -2.30. The highest BCUT2D eigenvalue weighted by Crippen LogP contribution is 2.32. The lowest BCUT2D eigenvalue weighted by Crippen LogP contribution is -2.40. The summed E-state index contributed by atoms with van der Waals surface area (Å²) in [7, 11) is 0. The van der Waals surface area contributed by atoms with E-state index in [1.807, 2.05) is 20.8 Å². The lowest BCUT2D eigenvalue weighted by atomic mass is 9.96. The van der Waals surface area contributed by atoms with E-state index in [0.29, 0.717) is 12.1 Å². The van der Waals surface area contributed by atoms with Crippen molar-refractivity contribution >= 4 is 17.6 Å². The maximum Gasteiger partial charge on any atom is 0.410 e. The molecule has 0 radical (unpaired) electrons. The van der Waals surface area contributed by atoms with Gasteiger partial charge in [-0.2, -0.15) is 0 Å². The number of phenols is 1. The van der Waals surface area contributed by atoms with Crippen LogP contribution in [0.4, 0.5) is 4.79 Å². The van der Waals surface area contributed by atoms with Crippen molar-refractivity contribution in [3.8, 4) is 5.75 Å². The molecule has 0 aliphatic carbocycles. The summed E-state index contributed by atoms with van der Waals surface area (Å²) in [4.78, 5) is 26.3. The molecule has 0 spiro atoms. The molecule has 1 aliphatic rings. The highest BCUT2D eigenvalue weighted by atomic mass is 16.6. The summed E-state index contributed by atoms with van der Waals surface area (Å²) in [6, 6.07) is 6.29. The van der Waals surface area contributed by atoms with Gasteiger partial charge in [-0.25, -0.2) is 9.59 Å². The van der Waals surface area contributed by atoms with Crippen molar-refractivity contribution in [3.05, 3.63) is 35.9 Å². The van der Waals surface area contributed by atoms with Crippen LogP contribution in [0.1, 0.15) is 46.1 Å². The number of aromatic hydroxyl groups is 1. The number of hydrogen-bond acceptors (Lipinski definition) is 5. The van der Waals surface area contributed by atoms with Gasteiger partial charge >= 0.3 is 12.1 Å². The van der Waals surface area contributed by atoms with Crippen molar-refractivity contribution < 1.29 is 24.2 Å². The van der Waals surface area contributed by atoms with E-state index in [-0.39, 0.29) is 18.4 Å². The molecule has 1 fully saturated rings. The average Bonchev–Trinajstić information content (AvgIpc) is 3.02. The van der Waals surface area contributed by atoms with Crippen molar-refractivity contribution in [1.82, 2.24) is 4.90 Å². The number of carbonyl (C=O) groups is 2. The molecule has 1 heterocycles. The second kappa shape index (κ2) is 8.25. The molecule has 0 saturated carbocycles. The van der Waals surface area contributed by atoms with Gasteiger partial charge in [-0.3, -0.25) is 0 Å². The molecular formula is C20H27NO5. The molecule has 0 unspecified atom stereocenters. The molecule has 2 rings (SSSR count). The Bertz CT molecular complexity index is 672. The molecule has 1 amide bonds. The van der Waals surface area contributed by atoms with Crippen LogP contribution in [0.2, 0.25) is 0 Å². The largest absolute Gasteiger partial charge is 0.508 e. The van der Waals surface area contributed by atoms with Gasteiger partial charge in [0.15, 0.2) is 0 Å². The number of benzene rings is 1. The minimum Gasteiger partial charge on any atom is -0.508 e. The van der Waals surface area contributed by atoms with E-state index in [2.05, 4.69) is 0 Å². The number of likely N-dealkylation sites (tertiary alicyclic amines) is 1. The molecule has 1 aromatic rings. The predicted molar refractivity (Wildman–Crippen MR) is 98.7 cm³/mol. The summed E-state index contributed by atoms with van der Waals surface area (Å²) in [6.07, 6.45) is 2.59. The normalized spacial score (nSPS) is 17.9. The second-order valence-corrected chi connectivity index (χ2v) is 7.23. The van der Waals surface area contributed by atoms with E-state index in [1.54, 1.807) is 36.1 Å². The summed E-state index contributed by atoms with van der Waals surface area (Å²) in [5.74, 6) is -0.314. The number of rotatable bonds is 4. The van der Waals surface area contributed by atoms with Gasteiger partial charge < -0.3 is 19.5 Å². The quantitative estimate of drug-likeness (QED) is 0.653. The van der Waals surface area contributed by atoms with Crippen LogP contribution in [0, 0.1) is 0 Å².